The van der Waals surface area contributed by atoms with Crippen LogP contribution in [0.1, 0.15) is 42.4 Å². The number of nitrogens with zero attached hydrogens (tertiary/aromatic N) is 1. The summed E-state index contributed by atoms with van der Waals surface area (Å²) in [7, 11) is 0. The number of aromatic nitrogens is 1. The van der Waals surface area contributed by atoms with Crippen LogP contribution in [0.2, 0.25) is 0 Å². The molecule has 3 aromatic rings. The predicted molar refractivity (Wildman–Crippen MR) is 114 cm³/mol. The number of aryl methyl sites for hydroxylation is 2. The molecule has 3 rings (SSSR count). The van der Waals surface area contributed by atoms with Gasteiger partial charge in [0.2, 0.25) is 0 Å². The summed E-state index contributed by atoms with van der Waals surface area (Å²) in [6, 6.07) is 15.2. The number of carbonyl (C=O) groups excluding carboxylic acids is 1. The molecule has 0 aliphatic rings. The first kappa shape index (κ1) is 19.7. The summed E-state index contributed by atoms with van der Waals surface area (Å²) < 4.78 is 6.04. The number of nitrogens with one attached hydrogen (secondary N) is 1. The maximum Gasteiger partial charge on any atom is 0.251 e. The number of nitrogens with two attached hydrogens (primary N) is 1. The Balaban J connectivity index is 1.72. The molecule has 0 spiro atoms. The van der Waals surface area contributed by atoms with E-state index in [0.29, 0.717) is 23.6 Å². The summed E-state index contributed by atoms with van der Waals surface area (Å²) in [4.78, 5) is 17.1. The first-order chi connectivity index (χ1) is 13.3. The number of benzene rings is 2. The highest BCUT2D eigenvalue weighted by Crippen LogP contribution is 2.30. The fourth-order valence-electron chi connectivity index (χ4n) is 3.11. The van der Waals surface area contributed by atoms with Gasteiger partial charge >= 0.3 is 0 Å². The van der Waals surface area contributed by atoms with Crippen LogP contribution in [0.3, 0.4) is 0 Å². The van der Waals surface area contributed by atoms with E-state index in [1.807, 2.05) is 69.3 Å². The largest absolute Gasteiger partial charge is 0.490 e. The second-order valence-electron chi connectivity index (χ2n) is 7.68. The molecule has 3 N–H and O–H groups in total. The average Bonchev–Trinajstić information content (AvgIpc) is 2.65. The van der Waals surface area contributed by atoms with Crippen LogP contribution >= 0.6 is 0 Å². The lowest BCUT2D eigenvalue weighted by atomic mass is 10.0. The summed E-state index contributed by atoms with van der Waals surface area (Å²) in [6.45, 7) is 8.17. The number of pyridine rings is 1. The molecule has 0 aliphatic carbocycles. The van der Waals surface area contributed by atoms with Gasteiger partial charge in [0.1, 0.15) is 12.4 Å². The molecule has 0 radical (unpaired) electrons. The van der Waals surface area contributed by atoms with Crippen molar-refractivity contribution in [2.24, 2.45) is 0 Å². The van der Waals surface area contributed by atoms with E-state index in [9.17, 15) is 4.79 Å². The first-order valence-electron chi connectivity index (χ1n) is 9.49. The zero-order valence-electron chi connectivity index (χ0n) is 16.9. The third-order valence-electron chi connectivity index (χ3n) is 4.62. The molecule has 0 atom stereocenters. The van der Waals surface area contributed by atoms with E-state index in [1.54, 1.807) is 0 Å². The Bertz CT molecular complexity index is 995. The second kappa shape index (κ2) is 7.89. The van der Waals surface area contributed by atoms with Crippen molar-refractivity contribution in [1.29, 1.82) is 0 Å². The van der Waals surface area contributed by atoms with Crippen LogP contribution < -0.4 is 15.8 Å². The molecule has 1 amide bonds. The van der Waals surface area contributed by atoms with Gasteiger partial charge < -0.3 is 15.8 Å². The average molecular weight is 377 g/mol. The minimum Gasteiger partial charge on any atom is -0.490 e. The van der Waals surface area contributed by atoms with Crippen LogP contribution in [0, 0.1) is 6.92 Å². The van der Waals surface area contributed by atoms with Crippen LogP contribution in [0.4, 0.5) is 5.69 Å². The summed E-state index contributed by atoms with van der Waals surface area (Å²) in [6.07, 6.45) is 0.948. The van der Waals surface area contributed by atoms with Gasteiger partial charge in [-0.15, -0.1) is 0 Å². The van der Waals surface area contributed by atoms with Gasteiger partial charge in [0.25, 0.3) is 5.91 Å². The minimum atomic E-state index is -0.560. The quantitative estimate of drug-likeness (QED) is 0.672. The molecule has 28 heavy (non-hydrogen) atoms. The standard InChI is InChI=1S/C23H27N3O2/c1-5-16-9-11-17(12-10-16)22(27)26-23(3,4)14-28-20-8-6-7-19-21(20)18(24)13-15(2)25-19/h6-13H,5,14H2,1-4H3,(H2,24,25)(H,26,27). The zero-order chi connectivity index (χ0) is 20.3. The predicted octanol–water partition coefficient (Wildman–Crippen LogP) is 4.28. The van der Waals surface area contributed by atoms with Crippen molar-refractivity contribution < 1.29 is 9.53 Å². The van der Waals surface area contributed by atoms with E-state index in [0.717, 1.165) is 23.0 Å². The van der Waals surface area contributed by atoms with Crippen molar-refractivity contribution in [2.75, 3.05) is 12.3 Å². The van der Waals surface area contributed by atoms with Crippen LogP contribution in [0.5, 0.6) is 5.75 Å². The number of ether oxygens (including phenoxy) is 1. The van der Waals surface area contributed by atoms with Gasteiger partial charge in [0, 0.05) is 16.9 Å². The zero-order valence-corrected chi connectivity index (χ0v) is 16.9. The van der Waals surface area contributed by atoms with Crippen LogP contribution in [-0.4, -0.2) is 23.0 Å². The highest BCUT2D eigenvalue weighted by atomic mass is 16.5. The van der Waals surface area contributed by atoms with Gasteiger partial charge in [0.05, 0.1) is 16.4 Å². The minimum absolute atomic E-state index is 0.119. The SMILES string of the molecule is CCc1ccc(C(=O)NC(C)(C)COc2cccc3nc(C)cc(N)c23)cc1. The Morgan fingerprint density at radius 2 is 1.89 bits per heavy atom. The molecule has 5 heteroatoms. The van der Waals surface area contributed by atoms with Crippen molar-refractivity contribution in [1.82, 2.24) is 10.3 Å². The second-order valence-corrected chi connectivity index (χ2v) is 7.68. The first-order valence-corrected chi connectivity index (χ1v) is 9.49. The summed E-state index contributed by atoms with van der Waals surface area (Å²) in [5.41, 5.74) is 9.77. The molecule has 0 saturated carbocycles. The topological polar surface area (TPSA) is 77.2 Å². The number of amides is 1. The normalized spacial score (nSPS) is 11.4. The Hall–Kier alpha value is -3.08. The maximum atomic E-state index is 12.6. The number of carbonyl (C=O) groups is 1. The van der Waals surface area contributed by atoms with Gasteiger partial charge in [-0.05, 0) is 63.1 Å². The molecule has 146 valence electrons. The maximum absolute atomic E-state index is 12.6. The molecule has 0 aliphatic heterocycles. The number of anilines is 1. The lowest BCUT2D eigenvalue weighted by Crippen LogP contribution is -2.47. The van der Waals surface area contributed by atoms with Gasteiger partial charge in [-0.25, -0.2) is 0 Å². The molecule has 1 aromatic heterocycles. The van der Waals surface area contributed by atoms with Gasteiger partial charge in [-0.2, -0.15) is 0 Å². The number of hydrogen-bond donors (Lipinski definition) is 2. The van der Waals surface area contributed by atoms with Gasteiger partial charge in [0.15, 0.2) is 0 Å². The van der Waals surface area contributed by atoms with Crippen molar-refractivity contribution in [3.8, 4) is 5.75 Å². The van der Waals surface area contributed by atoms with Gasteiger partial charge in [-0.1, -0.05) is 25.1 Å². The van der Waals surface area contributed by atoms with Crippen LogP contribution in [0.25, 0.3) is 10.9 Å². The summed E-state index contributed by atoms with van der Waals surface area (Å²) in [5, 5.41) is 3.84. The highest BCUT2D eigenvalue weighted by Gasteiger charge is 2.23. The Kier molecular flexibility index (Phi) is 5.54. The number of rotatable bonds is 6. The van der Waals surface area contributed by atoms with E-state index < -0.39 is 5.54 Å². The number of hydrogen-bond acceptors (Lipinski definition) is 4. The molecule has 2 aromatic carbocycles. The molecule has 0 saturated heterocycles. The smallest absolute Gasteiger partial charge is 0.251 e. The van der Waals surface area contributed by atoms with Crippen molar-refractivity contribution >= 4 is 22.5 Å². The van der Waals surface area contributed by atoms with E-state index in [2.05, 4.69) is 17.2 Å². The van der Waals surface area contributed by atoms with Crippen LogP contribution in [0.15, 0.2) is 48.5 Å². The lowest BCUT2D eigenvalue weighted by Gasteiger charge is -2.27. The molecule has 0 bridgehead atoms. The Labute approximate surface area is 165 Å². The van der Waals surface area contributed by atoms with Crippen molar-refractivity contribution in [2.45, 2.75) is 39.7 Å². The van der Waals surface area contributed by atoms with E-state index in [1.165, 1.54) is 5.56 Å². The third kappa shape index (κ3) is 4.42. The number of nitrogen functional groups attached to an aromatic ring is 1. The monoisotopic (exact) mass is 377 g/mol. The third-order valence-corrected chi connectivity index (χ3v) is 4.62. The molecule has 5 nitrogen and oxygen atoms in total. The lowest BCUT2D eigenvalue weighted by molar-refractivity contribution is 0.0881. The molecule has 0 unspecified atom stereocenters. The Morgan fingerprint density at radius 3 is 2.57 bits per heavy atom. The molecule has 1 heterocycles. The van der Waals surface area contributed by atoms with Crippen molar-refractivity contribution in [3.05, 3.63) is 65.4 Å². The van der Waals surface area contributed by atoms with Crippen LogP contribution in [-0.2, 0) is 6.42 Å². The van der Waals surface area contributed by atoms with E-state index >= 15 is 0 Å². The van der Waals surface area contributed by atoms with E-state index in [-0.39, 0.29) is 5.91 Å². The fraction of sp³-hybridized carbons (Fsp3) is 0.304. The van der Waals surface area contributed by atoms with E-state index in [4.69, 9.17) is 10.5 Å². The fourth-order valence-corrected chi connectivity index (χ4v) is 3.11. The number of fused-ring (bicyclic) bond motifs is 1. The van der Waals surface area contributed by atoms with Crippen molar-refractivity contribution in [3.63, 3.8) is 0 Å². The molecular weight excluding hydrogens is 350 g/mol. The summed E-state index contributed by atoms with van der Waals surface area (Å²) >= 11 is 0. The molecular formula is C23H27N3O2. The summed E-state index contributed by atoms with van der Waals surface area (Å²) in [5.74, 6) is 0.545. The Morgan fingerprint density at radius 1 is 1.18 bits per heavy atom. The molecule has 0 fully saturated rings. The van der Waals surface area contributed by atoms with Gasteiger partial charge in [-0.3, -0.25) is 9.78 Å². The highest BCUT2D eigenvalue weighted by molar-refractivity contribution is 5.96.